The first-order valence-corrected chi connectivity index (χ1v) is 7.39. The van der Waals surface area contributed by atoms with Gasteiger partial charge >= 0.3 is 0 Å². The van der Waals surface area contributed by atoms with Crippen molar-refractivity contribution in [2.45, 2.75) is 31.6 Å². The summed E-state index contributed by atoms with van der Waals surface area (Å²) < 4.78 is 0. The first kappa shape index (κ1) is 13.0. The molecule has 3 rings (SSSR count). The van der Waals surface area contributed by atoms with Crippen LogP contribution in [0.4, 0.5) is 0 Å². The molecular formula is C20H20. The highest BCUT2D eigenvalue weighted by molar-refractivity contribution is 5.66. The summed E-state index contributed by atoms with van der Waals surface area (Å²) in [5, 5.41) is 0. The van der Waals surface area contributed by atoms with Crippen molar-refractivity contribution in [1.82, 2.24) is 0 Å². The topological polar surface area (TPSA) is 0 Å². The number of fused-ring (bicyclic) bond motifs is 1. The Morgan fingerprint density at radius 3 is 2.90 bits per heavy atom. The van der Waals surface area contributed by atoms with Crippen LogP contribution in [0.25, 0.3) is 6.08 Å². The number of benzene rings is 1. The lowest BCUT2D eigenvalue weighted by molar-refractivity contribution is 0.375. The third kappa shape index (κ3) is 1.86. The molecule has 1 aromatic carbocycles. The van der Waals surface area contributed by atoms with E-state index in [-0.39, 0.29) is 5.41 Å². The highest BCUT2D eigenvalue weighted by Crippen LogP contribution is 2.49. The normalized spacial score (nSPS) is 24.3. The molecule has 0 spiro atoms. The molecule has 0 nitrogen and oxygen atoms in total. The molecule has 0 fully saturated rings. The molecule has 0 saturated heterocycles. The minimum absolute atomic E-state index is 0.0159. The molecule has 0 bridgehead atoms. The van der Waals surface area contributed by atoms with Crippen molar-refractivity contribution in [2.75, 3.05) is 0 Å². The average molecular weight is 260 g/mol. The molecular weight excluding hydrogens is 240 g/mol. The van der Waals surface area contributed by atoms with Gasteiger partial charge in [0.2, 0.25) is 0 Å². The van der Waals surface area contributed by atoms with Crippen LogP contribution >= 0.6 is 0 Å². The summed E-state index contributed by atoms with van der Waals surface area (Å²) in [5.74, 6) is 3.42. The molecule has 0 N–H and O–H groups in total. The van der Waals surface area contributed by atoms with Gasteiger partial charge in [0, 0.05) is 11.8 Å². The largest absolute Gasteiger partial charge is 0.120 e. The molecule has 0 aliphatic heterocycles. The number of rotatable bonds is 4. The molecule has 0 saturated carbocycles. The van der Waals surface area contributed by atoms with Gasteiger partial charge in [0.05, 0.1) is 0 Å². The molecule has 0 aromatic heterocycles. The molecule has 1 aromatic rings. The number of terminal acetylenes is 1. The molecule has 0 radical (unpaired) electrons. The maximum atomic E-state index is 5.72. The van der Waals surface area contributed by atoms with Crippen LogP contribution < -0.4 is 0 Å². The summed E-state index contributed by atoms with van der Waals surface area (Å²) in [6.07, 6.45) is 20.0. The van der Waals surface area contributed by atoms with Gasteiger partial charge in [-0.1, -0.05) is 67.1 Å². The van der Waals surface area contributed by atoms with E-state index in [0.29, 0.717) is 5.92 Å². The summed E-state index contributed by atoms with van der Waals surface area (Å²) in [4.78, 5) is 0. The van der Waals surface area contributed by atoms with Gasteiger partial charge in [-0.05, 0) is 29.9 Å². The third-order valence-electron chi connectivity index (χ3n) is 4.69. The third-order valence-corrected chi connectivity index (χ3v) is 4.69. The van der Waals surface area contributed by atoms with E-state index in [1.165, 1.54) is 16.7 Å². The fourth-order valence-electron chi connectivity index (χ4n) is 3.82. The maximum Gasteiger partial charge on any atom is 0.0316 e. The van der Waals surface area contributed by atoms with E-state index in [9.17, 15) is 0 Å². The van der Waals surface area contributed by atoms with Crippen molar-refractivity contribution >= 4 is 6.08 Å². The van der Waals surface area contributed by atoms with Gasteiger partial charge < -0.3 is 0 Å². The van der Waals surface area contributed by atoms with Crippen molar-refractivity contribution in [1.29, 1.82) is 0 Å². The zero-order valence-corrected chi connectivity index (χ0v) is 12.0. The first-order chi connectivity index (χ1) is 9.81. The van der Waals surface area contributed by atoms with Gasteiger partial charge in [-0.25, -0.2) is 0 Å². The van der Waals surface area contributed by atoms with Crippen LogP contribution in [0.15, 0.2) is 54.1 Å². The number of allylic oxidation sites excluding steroid dienone is 5. The highest BCUT2D eigenvalue weighted by atomic mass is 14.4. The molecule has 0 heteroatoms. The molecule has 0 heterocycles. The lowest BCUT2D eigenvalue weighted by Crippen LogP contribution is -2.32. The fourth-order valence-corrected chi connectivity index (χ4v) is 3.82. The van der Waals surface area contributed by atoms with Crippen molar-refractivity contribution in [3.63, 3.8) is 0 Å². The summed E-state index contributed by atoms with van der Waals surface area (Å²) >= 11 is 0. The summed E-state index contributed by atoms with van der Waals surface area (Å²) in [6.45, 7) is 2.27. The van der Waals surface area contributed by atoms with Crippen LogP contribution in [0.3, 0.4) is 0 Å². The van der Waals surface area contributed by atoms with Gasteiger partial charge in [0.25, 0.3) is 0 Å². The second-order valence-electron chi connectivity index (χ2n) is 5.68. The van der Waals surface area contributed by atoms with E-state index in [4.69, 9.17) is 6.42 Å². The Bertz CT molecular complexity index is 636. The van der Waals surface area contributed by atoms with E-state index in [2.05, 4.69) is 67.5 Å². The van der Waals surface area contributed by atoms with E-state index in [0.717, 1.165) is 19.3 Å². The quantitative estimate of drug-likeness (QED) is 0.676. The Hall–Kier alpha value is -2.00. The lowest BCUT2D eigenvalue weighted by atomic mass is 9.65. The van der Waals surface area contributed by atoms with Crippen molar-refractivity contribution in [2.24, 2.45) is 5.92 Å². The Labute approximate surface area is 121 Å². The minimum Gasteiger partial charge on any atom is -0.120 e. The summed E-state index contributed by atoms with van der Waals surface area (Å²) in [6, 6.07) is 8.67. The molecule has 2 aliphatic rings. The predicted molar refractivity (Wildman–Crippen MR) is 86.2 cm³/mol. The van der Waals surface area contributed by atoms with E-state index < -0.39 is 0 Å². The fraction of sp³-hybridized carbons (Fsp3) is 0.300. The molecule has 2 unspecified atom stereocenters. The molecule has 2 aliphatic carbocycles. The summed E-state index contributed by atoms with van der Waals surface area (Å²) in [7, 11) is 0. The van der Waals surface area contributed by atoms with Crippen molar-refractivity contribution in [3.8, 4) is 12.3 Å². The Balaban J connectivity index is 2.10. The molecule has 2 atom stereocenters. The number of hydrogen-bond donors (Lipinski definition) is 0. The Morgan fingerprint density at radius 1 is 1.35 bits per heavy atom. The van der Waals surface area contributed by atoms with Gasteiger partial charge in [0.1, 0.15) is 0 Å². The van der Waals surface area contributed by atoms with Gasteiger partial charge in [0.15, 0.2) is 0 Å². The smallest absolute Gasteiger partial charge is 0.0316 e. The summed E-state index contributed by atoms with van der Waals surface area (Å²) in [5.41, 5.74) is 4.23. The van der Waals surface area contributed by atoms with E-state index >= 15 is 0 Å². The van der Waals surface area contributed by atoms with Gasteiger partial charge in [-0.3, -0.25) is 0 Å². The second-order valence-corrected chi connectivity index (χ2v) is 5.68. The second kappa shape index (κ2) is 5.17. The van der Waals surface area contributed by atoms with Crippen LogP contribution in [0.2, 0.25) is 0 Å². The minimum atomic E-state index is -0.0159. The number of hydrogen-bond acceptors (Lipinski definition) is 0. The van der Waals surface area contributed by atoms with E-state index in [1.807, 2.05) is 0 Å². The van der Waals surface area contributed by atoms with Crippen molar-refractivity contribution in [3.05, 3.63) is 65.3 Å². The monoisotopic (exact) mass is 260 g/mol. The zero-order valence-electron chi connectivity index (χ0n) is 12.0. The van der Waals surface area contributed by atoms with Crippen molar-refractivity contribution < 1.29 is 0 Å². The van der Waals surface area contributed by atoms with Crippen LogP contribution in [0.5, 0.6) is 0 Å². The van der Waals surface area contributed by atoms with E-state index in [1.54, 1.807) is 0 Å². The Morgan fingerprint density at radius 2 is 2.20 bits per heavy atom. The molecule has 100 valence electrons. The van der Waals surface area contributed by atoms with Crippen LogP contribution in [0, 0.1) is 18.3 Å². The van der Waals surface area contributed by atoms with Crippen LogP contribution in [0.1, 0.15) is 37.3 Å². The maximum absolute atomic E-state index is 5.72. The van der Waals surface area contributed by atoms with Gasteiger partial charge in [-0.15, -0.1) is 12.3 Å². The molecule has 20 heavy (non-hydrogen) atoms. The standard InChI is InChI=1S/C20H20/c1-3-14-20(18(4-2)16-9-5-6-10-16)15-13-17-11-7-8-12-19(17)20/h1,5-9,11-13,15,18H,4,10,14H2,2H3. The lowest BCUT2D eigenvalue weighted by Gasteiger charge is -2.37. The zero-order chi connectivity index (χ0) is 14.0. The predicted octanol–water partition coefficient (Wildman–Crippen LogP) is 4.89. The highest BCUT2D eigenvalue weighted by Gasteiger charge is 2.41. The molecule has 0 amide bonds. The average Bonchev–Trinajstić information content (AvgIpc) is 3.10. The first-order valence-electron chi connectivity index (χ1n) is 7.39. The Kier molecular flexibility index (Phi) is 3.36. The van der Waals surface area contributed by atoms with Gasteiger partial charge in [-0.2, -0.15) is 0 Å². The SMILES string of the molecule is C#CCC1(C(CC)C2=CC=CC2)C=Cc2ccccc21. The van der Waals surface area contributed by atoms with Crippen LogP contribution in [-0.2, 0) is 5.41 Å². The van der Waals surface area contributed by atoms with Crippen LogP contribution in [-0.4, -0.2) is 0 Å².